The molecule has 31 heavy (non-hydrogen) atoms. The van der Waals surface area contributed by atoms with Crippen LogP contribution in [0.15, 0.2) is 0 Å². The Kier molecular flexibility index (Phi) is 23.1. The highest BCUT2D eigenvalue weighted by Crippen LogP contribution is 2.16. The summed E-state index contributed by atoms with van der Waals surface area (Å²) >= 11 is 0. The van der Waals surface area contributed by atoms with Crippen LogP contribution in [0.25, 0.3) is 0 Å². The lowest BCUT2D eigenvalue weighted by Gasteiger charge is -2.13. The first kappa shape index (κ1) is 30.1. The molecule has 0 heterocycles. The standard InChI is InChI=1S/C28H54O3/c1-4-6-24-27(5-2)28(30)31-25-22-20-18-16-14-12-10-8-7-9-11-13-15-17-19-21-23-26(3)29/h27H,4-25H2,1-3H3. The lowest BCUT2D eigenvalue weighted by molar-refractivity contribution is -0.149. The SMILES string of the molecule is CCCCC(CC)C(=O)OCCCCCCCCCCCCCCCCCCC(C)=O. The number of ether oxygens (including phenoxy) is 1. The average molecular weight is 439 g/mol. The van der Waals surface area contributed by atoms with E-state index in [1.54, 1.807) is 6.92 Å². The Labute approximate surface area is 194 Å². The molecule has 0 aliphatic carbocycles. The summed E-state index contributed by atoms with van der Waals surface area (Å²) in [4.78, 5) is 22.9. The van der Waals surface area contributed by atoms with Gasteiger partial charge in [-0.2, -0.15) is 0 Å². The van der Waals surface area contributed by atoms with Crippen molar-refractivity contribution < 1.29 is 14.3 Å². The predicted molar refractivity (Wildman–Crippen MR) is 133 cm³/mol. The van der Waals surface area contributed by atoms with Crippen molar-refractivity contribution in [2.75, 3.05) is 6.61 Å². The Morgan fingerprint density at radius 1 is 0.613 bits per heavy atom. The Hall–Kier alpha value is -0.860. The van der Waals surface area contributed by atoms with Crippen LogP contribution in [0.4, 0.5) is 0 Å². The topological polar surface area (TPSA) is 43.4 Å². The summed E-state index contributed by atoms with van der Waals surface area (Å²) in [6.45, 7) is 6.56. The largest absolute Gasteiger partial charge is 0.465 e. The molecule has 0 rings (SSSR count). The van der Waals surface area contributed by atoms with E-state index in [1.807, 2.05) is 0 Å². The molecule has 0 aromatic carbocycles. The summed E-state index contributed by atoms with van der Waals surface area (Å²) in [5.74, 6) is 0.477. The van der Waals surface area contributed by atoms with Crippen LogP contribution in [-0.4, -0.2) is 18.4 Å². The quantitative estimate of drug-likeness (QED) is 0.111. The van der Waals surface area contributed by atoms with E-state index in [0.29, 0.717) is 12.4 Å². The zero-order valence-corrected chi connectivity index (χ0v) is 21.4. The van der Waals surface area contributed by atoms with Crippen molar-refractivity contribution in [3.63, 3.8) is 0 Å². The summed E-state index contributed by atoms with van der Waals surface area (Å²) in [5, 5.41) is 0. The van der Waals surface area contributed by atoms with Crippen molar-refractivity contribution in [3.05, 3.63) is 0 Å². The molecule has 0 N–H and O–H groups in total. The first-order chi connectivity index (χ1) is 15.1. The second-order valence-corrected chi connectivity index (χ2v) is 9.52. The molecule has 0 spiro atoms. The molecule has 0 aliphatic heterocycles. The fourth-order valence-electron chi connectivity index (χ4n) is 4.18. The van der Waals surface area contributed by atoms with Crippen molar-refractivity contribution >= 4 is 11.8 Å². The summed E-state index contributed by atoms with van der Waals surface area (Å²) in [7, 11) is 0. The number of carbonyl (C=O) groups excluding carboxylic acids is 2. The molecule has 0 radical (unpaired) electrons. The Bertz CT molecular complexity index is 405. The molecule has 0 fully saturated rings. The molecule has 0 aromatic heterocycles. The number of rotatable bonds is 24. The van der Waals surface area contributed by atoms with Crippen molar-refractivity contribution in [2.45, 2.75) is 156 Å². The van der Waals surface area contributed by atoms with Gasteiger partial charge in [0.1, 0.15) is 5.78 Å². The first-order valence-corrected chi connectivity index (χ1v) is 13.8. The second-order valence-electron chi connectivity index (χ2n) is 9.52. The minimum Gasteiger partial charge on any atom is -0.465 e. The third kappa shape index (κ3) is 22.1. The fraction of sp³-hybridized carbons (Fsp3) is 0.929. The van der Waals surface area contributed by atoms with Crippen molar-refractivity contribution in [1.82, 2.24) is 0 Å². The van der Waals surface area contributed by atoms with Crippen molar-refractivity contribution in [2.24, 2.45) is 5.92 Å². The van der Waals surface area contributed by atoms with Crippen LogP contribution < -0.4 is 0 Å². The van der Waals surface area contributed by atoms with Crippen molar-refractivity contribution in [1.29, 1.82) is 0 Å². The lowest BCUT2D eigenvalue weighted by atomic mass is 10.00. The number of unbranched alkanes of at least 4 members (excludes halogenated alkanes) is 16. The number of hydrogen-bond donors (Lipinski definition) is 0. The molecular formula is C28H54O3. The van der Waals surface area contributed by atoms with Gasteiger partial charge in [-0.1, -0.05) is 117 Å². The maximum Gasteiger partial charge on any atom is 0.308 e. The second kappa shape index (κ2) is 23.8. The van der Waals surface area contributed by atoms with Gasteiger partial charge in [-0.3, -0.25) is 4.79 Å². The highest BCUT2D eigenvalue weighted by molar-refractivity contribution is 5.75. The van der Waals surface area contributed by atoms with Gasteiger partial charge in [0.2, 0.25) is 0 Å². The van der Waals surface area contributed by atoms with E-state index in [4.69, 9.17) is 4.74 Å². The van der Waals surface area contributed by atoms with E-state index in [0.717, 1.165) is 44.9 Å². The van der Waals surface area contributed by atoms with E-state index < -0.39 is 0 Å². The molecule has 1 atom stereocenters. The maximum atomic E-state index is 12.0. The highest BCUT2D eigenvalue weighted by Gasteiger charge is 2.16. The zero-order chi connectivity index (χ0) is 23.0. The van der Waals surface area contributed by atoms with Gasteiger partial charge in [-0.25, -0.2) is 0 Å². The van der Waals surface area contributed by atoms with Gasteiger partial charge in [0.25, 0.3) is 0 Å². The highest BCUT2D eigenvalue weighted by atomic mass is 16.5. The fourth-order valence-corrected chi connectivity index (χ4v) is 4.18. The Morgan fingerprint density at radius 2 is 1.03 bits per heavy atom. The van der Waals surface area contributed by atoms with Gasteiger partial charge in [-0.15, -0.1) is 0 Å². The van der Waals surface area contributed by atoms with Crippen LogP contribution in [0, 0.1) is 5.92 Å². The molecule has 0 saturated carbocycles. The van der Waals surface area contributed by atoms with Crippen LogP contribution in [0.3, 0.4) is 0 Å². The summed E-state index contributed by atoms with van der Waals surface area (Å²) in [5.41, 5.74) is 0. The number of esters is 1. The molecule has 0 saturated heterocycles. The van der Waals surface area contributed by atoms with Crippen LogP contribution in [0.2, 0.25) is 0 Å². The Balaban J connectivity index is 3.23. The molecule has 1 unspecified atom stereocenters. The molecule has 184 valence electrons. The van der Waals surface area contributed by atoms with Gasteiger partial charge in [-0.05, 0) is 32.6 Å². The minimum absolute atomic E-state index is 0.0283. The van der Waals surface area contributed by atoms with Gasteiger partial charge < -0.3 is 9.53 Å². The third-order valence-electron chi connectivity index (χ3n) is 6.40. The molecule has 0 aliphatic rings. The molecule has 0 aromatic rings. The van der Waals surface area contributed by atoms with Crippen LogP contribution in [0.1, 0.15) is 156 Å². The maximum absolute atomic E-state index is 12.0. The zero-order valence-electron chi connectivity index (χ0n) is 21.4. The van der Waals surface area contributed by atoms with Gasteiger partial charge in [0.05, 0.1) is 12.5 Å². The van der Waals surface area contributed by atoms with E-state index >= 15 is 0 Å². The van der Waals surface area contributed by atoms with Crippen LogP contribution in [-0.2, 0) is 14.3 Å². The van der Waals surface area contributed by atoms with Gasteiger partial charge in [0.15, 0.2) is 0 Å². The van der Waals surface area contributed by atoms with Crippen molar-refractivity contribution in [3.8, 4) is 0 Å². The van der Waals surface area contributed by atoms with Crippen LogP contribution in [0.5, 0.6) is 0 Å². The molecule has 0 bridgehead atoms. The first-order valence-electron chi connectivity index (χ1n) is 13.8. The van der Waals surface area contributed by atoms with Gasteiger partial charge in [0, 0.05) is 6.42 Å². The number of Topliss-reactive ketones (excluding diaryl/α,β-unsaturated/α-hetero) is 1. The molecule has 3 heteroatoms. The molecule has 3 nitrogen and oxygen atoms in total. The molecular weight excluding hydrogens is 384 g/mol. The number of ketones is 1. The lowest BCUT2D eigenvalue weighted by Crippen LogP contribution is -2.17. The van der Waals surface area contributed by atoms with E-state index in [9.17, 15) is 9.59 Å². The Morgan fingerprint density at radius 3 is 1.42 bits per heavy atom. The molecule has 0 amide bonds. The van der Waals surface area contributed by atoms with Crippen LogP contribution >= 0.6 is 0 Å². The summed E-state index contributed by atoms with van der Waals surface area (Å²) < 4.78 is 5.47. The number of hydrogen-bond acceptors (Lipinski definition) is 3. The van der Waals surface area contributed by atoms with E-state index in [2.05, 4.69) is 13.8 Å². The third-order valence-corrected chi connectivity index (χ3v) is 6.40. The minimum atomic E-state index is 0.0283. The smallest absolute Gasteiger partial charge is 0.308 e. The summed E-state index contributed by atoms with van der Waals surface area (Å²) in [6, 6.07) is 0. The monoisotopic (exact) mass is 438 g/mol. The normalized spacial score (nSPS) is 12.1. The average Bonchev–Trinajstić information content (AvgIpc) is 2.75. The number of carbonyl (C=O) groups is 2. The van der Waals surface area contributed by atoms with Gasteiger partial charge >= 0.3 is 5.97 Å². The summed E-state index contributed by atoms with van der Waals surface area (Å²) in [6.07, 6.45) is 25.7. The van der Waals surface area contributed by atoms with E-state index in [-0.39, 0.29) is 11.9 Å². The predicted octanol–water partition coefficient (Wildman–Crippen LogP) is 8.97. The van der Waals surface area contributed by atoms with E-state index in [1.165, 1.54) is 89.9 Å².